The van der Waals surface area contributed by atoms with Crippen LogP contribution in [0.1, 0.15) is 133 Å². The van der Waals surface area contributed by atoms with Crippen LogP contribution in [0.3, 0.4) is 0 Å². The Bertz CT molecular complexity index is 3180. The first kappa shape index (κ1) is 59.2. The maximum absolute atomic E-state index is 15.4. The average molecular weight is 1170 g/mol. The second-order valence-electron chi connectivity index (χ2n) is 29.6. The molecule has 84 heavy (non-hydrogen) atoms. The van der Waals surface area contributed by atoms with E-state index in [1.807, 2.05) is 0 Å². The summed E-state index contributed by atoms with van der Waals surface area (Å²) in [5.74, 6) is 2.38. The highest BCUT2D eigenvalue weighted by molar-refractivity contribution is 7.00. The molecule has 0 N–H and O–H groups in total. The molecule has 0 bridgehead atoms. The summed E-state index contributed by atoms with van der Waals surface area (Å²) >= 11 is 0. The molecule has 9 heteroatoms. The number of carbonyl (C=O) groups excluding carboxylic acids is 3. The van der Waals surface area contributed by atoms with E-state index in [1.165, 1.54) is 31.1 Å². The molecule has 6 aliphatic rings. The molecule has 6 nitrogen and oxygen atoms in total. The van der Waals surface area contributed by atoms with Gasteiger partial charge in [-0.2, -0.15) is 0 Å². The van der Waals surface area contributed by atoms with Gasteiger partial charge in [-0.1, -0.05) is 257 Å². The van der Waals surface area contributed by atoms with Gasteiger partial charge in [0, 0.05) is 55.3 Å². The number of ketones is 3. The van der Waals surface area contributed by atoms with Gasteiger partial charge in [0.2, 0.25) is 0 Å². The van der Waals surface area contributed by atoms with Crippen molar-refractivity contribution in [3.63, 3.8) is 0 Å². The van der Waals surface area contributed by atoms with E-state index in [0.717, 1.165) is 51.4 Å². The average Bonchev–Trinajstić information content (AvgIpc) is 1.75. The topological polar surface area (TPSA) is 78.9 Å². The number of benzene rings is 6. The van der Waals surface area contributed by atoms with E-state index in [2.05, 4.69) is 244 Å². The monoisotopic (exact) mass is 1170 g/mol. The molecule has 6 fully saturated rings. The van der Waals surface area contributed by atoms with Crippen molar-refractivity contribution >= 4 is 73.4 Å². The molecule has 0 amide bonds. The summed E-state index contributed by atoms with van der Waals surface area (Å²) in [4.78, 5) is 45.0. The molecular formula is C75H92O6Si3. The van der Waals surface area contributed by atoms with Gasteiger partial charge in [0.05, 0.1) is 0 Å². The lowest BCUT2D eigenvalue weighted by molar-refractivity contribution is -0.129. The van der Waals surface area contributed by atoms with Crippen molar-refractivity contribution in [2.24, 2.45) is 57.7 Å². The third-order valence-corrected chi connectivity index (χ3v) is 37.9. The molecule has 6 aliphatic carbocycles. The quantitative estimate of drug-likeness (QED) is 0.0470. The first-order chi connectivity index (χ1) is 40.3. The van der Waals surface area contributed by atoms with E-state index in [9.17, 15) is 4.79 Å². The van der Waals surface area contributed by atoms with Gasteiger partial charge < -0.3 is 13.3 Å². The molecule has 10 atom stereocenters. The van der Waals surface area contributed by atoms with Gasteiger partial charge in [0.25, 0.3) is 25.0 Å². The summed E-state index contributed by atoms with van der Waals surface area (Å²) in [5.41, 5.74) is -1.42. The summed E-state index contributed by atoms with van der Waals surface area (Å²) in [5, 5.41) is 6.99. The van der Waals surface area contributed by atoms with Crippen molar-refractivity contribution in [1.29, 1.82) is 0 Å². The lowest BCUT2D eigenvalue weighted by Gasteiger charge is -2.43. The van der Waals surface area contributed by atoms with E-state index in [0.29, 0.717) is 62.4 Å². The van der Waals surface area contributed by atoms with Crippen LogP contribution in [0.15, 0.2) is 182 Å². The van der Waals surface area contributed by atoms with Crippen molar-refractivity contribution in [2.45, 2.75) is 148 Å². The fourth-order valence-electron chi connectivity index (χ4n) is 19.1. The maximum atomic E-state index is 15.4. The molecule has 440 valence electrons. The zero-order chi connectivity index (χ0) is 59.0. The third-order valence-electron chi connectivity index (χ3n) is 22.9. The number of hydrogen-bond acceptors (Lipinski definition) is 6. The van der Waals surface area contributed by atoms with Crippen molar-refractivity contribution < 1.29 is 27.7 Å². The SMILES string of the molecule is CC(C)(C)[Si](OCC1C2CCC(=O)C21CCCCC(CC12C(=O)CCC1C2CO[Si](c1ccccc1)(c1ccccc1)C(C)(C)C)C12C(=O)CCC1C2CO[Si](c1ccccc1)(c1ccccc1)C(C)(C)C)(c1ccccc1)c1ccccc1. The molecule has 0 aliphatic heterocycles. The van der Waals surface area contributed by atoms with Gasteiger partial charge in [-0.15, -0.1) is 0 Å². The van der Waals surface area contributed by atoms with Crippen LogP contribution >= 0.6 is 0 Å². The summed E-state index contributed by atoms with van der Waals surface area (Å²) < 4.78 is 23.1. The molecule has 0 aromatic heterocycles. The normalized spacial score (nSPS) is 27.8. The molecular weight excluding hydrogens is 1080 g/mol. The van der Waals surface area contributed by atoms with Crippen molar-refractivity contribution in [3.8, 4) is 0 Å². The van der Waals surface area contributed by atoms with E-state index in [4.69, 9.17) is 13.3 Å². The van der Waals surface area contributed by atoms with E-state index in [-0.39, 0.29) is 56.0 Å². The lowest BCUT2D eigenvalue weighted by Crippen LogP contribution is -2.66. The standard InChI is InChI=1S/C75H92O6Si3/c1-70(2,3)82(55-31-16-10-17-32-55,56-33-18-11-19-34-56)79-51-64-61-43-46-67(76)73(61,64)49-29-28-30-54(75-63(45-48-69(75)78)66(75)53-81-84(72(7,8)9,59-39-24-14-25-40-59)60-41-26-15-27-42-60)50-74-62(44-47-68(74)77)65(74)52-80-83(71(4,5)6,57-35-20-12-21-36-57)58-37-22-13-23-38-58/h10-27,31-42,54,61-66H,28-30,43-53H2,1-9H3. The minimum Gasteiger partial charge on any atom is -0.407 e. The van der Waals surface area contributed by atoms with Gasteiger partial charge in [0.15, 0.2) is 0 Å². The first-order valence-corrected chi connectivity index (χ1v) is 37.8. The van der Waals surface area contributed by atoms with Crippen LogP contribution < -0.4 is 31.1 Å². The van der Waals surface area contributed by atoms with Crippen LogP contribution in [-0.4, -0.2) is 62.1 Å². The van der Waals surface area contributed by atoms with E-state index in [1.54, 1.807) is 0 Å². The second-order valence-corrected chi connectivity index (χ2v) is 42.5. The van der Waals surface area contributed by atoms with Crippen LogP contribution in [-0.2, 0) is 27.7 Å². The summed E-state index contributed by atoms with van der Waals surface area (Å²) in [6, 6.07) is 65.4. The zero-order valence-corrected chi connectivity index (χ0v) is 54.7. The number of rotatable bonds is 23. The van der Waals surface area contributed by atoms with Gasteiger partial charge in [-0.05, 0) is 126 Å². The van der Waals surface area contributed by atoms with Crippen LogP contribution in [0.25, 0.3) is 0 Å². The van der Waals surface area contributed by atoms with E-state index >= 15 is 9.59 Å². The largest absolute Gasteiger partial charge is 0.407 e. The zero-order valence-electron chi connectivity index (χ0n) is 51.7. The Morgan fingerprint density at radius 1 is 0.393 bits per heavy atom. The maximum Gasteiger partial charge on any atom is 0.261 e. The predicted molar refractivity (Wildman–Crippen MR) is 348 cm³/mol. The molecule has 6 saturated carbocycles. The van der Waals surface area contributed by atoms with Crippen LogP contribution in [0.5, 0.6) is 0 Å². The fraction of sp³-hybridized carbons (Fsp3) is 0.480. The van der Waals surface area contributed by atoms with Gasteiger partial charge in [-0.25, -0.2) is 0 Å². The highest BCUT2D eigenvalue weighted by atomic mass is 28.4. The number of Topliss-reactive ketones (excluding diaryl/α,β-unsaturated/α-hetero) is 3. The van der Waals surface area contributed by atoms with Crippen LogP contribution in [0, 0.1) is 57.7 Å². The Hall–Kier alpha value is -5.14. The predicted octanol–water partition coefficient (Wildman–Crippen LogP) is 13.1. The Labute approximate surface area is 505 Å². The number of unbranched alkanes of at least 4 members (excludes halogenated alkanes) is 1. The summed E-state index contributed by atoms with van der Waals surface area (Å²) in [7, 11) is -8.63. The minimum atomic E-state index is -2.92. The van der Waals surface area contributed by atoms with Crippen molar-refractivity contribution in [1.82, 2.24) is 0 Å². The number of fused-ring (bicyclic) bond motifs is 3. The smallest absolute Gasteiger partial charge is 0.261 e. The molecule has 0 heterocycles. The van der Waals surface area contributed by atoms with Crippen LogP contribution in [0.2, 0.25) is 15.1 Å². The Balaban J connectivity index is 0.854. The van der Waals surface area contributed by atoms with Gasteiger partial charge >= 0.3 is 0 Å². The highest BCUT2D eigenvalue weighted by Crippen LogP contribution is 2.77. The minimum absolute atomic E-state index is 0.0220. The van der Waals surface area contributed by atoms with Gasteiger partial charge in [-0.3, -0.25) is 14.4 Å². The van der Waals surface area contributed by atoms with Crippen molar-refractivity contribution in [3.05, 3.63) is 182 Å². The molecule has 0 spiro atoms. The molecule has 6 aromatic carbocycles. The summed E-state index contributed by atoms with van der Waals surface area (Å²) in [6.07, 6.45) is 8.80. The fourth-order valence-corrected chi connectivity index (χ4v) is 32.9. The molecule has 6 aromatic rings. The number of hydrogen-bond donors (Lipinski definition) is 0. The molecule has 0 radical (unpaired) electrons. The highest BCUT2D eigenvalue weighted by Gasteiger charge is 2.79. The third kappa shape index (κ3) is 9.32. The number of carbonyl (C=O) groups is 3. The molecule has 10 unspecified atom stereocenters. The van der Waals surface area contributed by atoms with Crippen LogP contribution in [0.4, 0.5) is 0 Å². The molecule has 0 saturated heterocycles. The van der Waals surface area contributed by atoms with Crippen molar-refractivity contribution in [2.75, 3.05) is 19.8 Å². The molecule has 12 rings (SSSR count). The Morgan fingerprint density at radius 3 is 1.05 bits per heavy atom. The second kappa shape index (κ2) is 22.2. The Kier molecular flexibility index (Phi) is 15.7. The first-order valence-electron chi connectivity index (χ1n) is 32.1. The Morgan fingerprint density at radius 2 is 0.690 bits per heavy atom. The lowest BCUT2D eigenvalue weighted by atomic mass is 9.72. The summed E-state index contributed by atoms with van der Waals surface area (Å²) in [6.45, 7) is 22.7. The van der Waals surface area contributed by atoms with E-state index < -0.39 is 35.8 Å². The van der Waals surface area contributed by atoms with Gasteiger partial charge in [0.1, 0.15) is 17.3 Å².